The third-order valence-corrected chi connectivity index (χ3v) is 6.73. The molecular weight excluding hydrogens is 493 g/mol. The summed E-state index contributed by atoms with van der Waals surface area (Å²) in [6.45, 7) is 1.72. The van der Waals surface area contributed by atoms with Gasteiger partial charge in [0.05, 0.1) is 28.9 Å². The molecule has 0 spiro atoms. The predicted molar refractivity (Wildman–Crippen MR) is 140 cm³/mol. The number of hydrogen-bond acceptors (Lipinski definition) is 4. The van der Waals surface area contributed by atoms with E-state index in [0.29, 0.717) is 40.4 Å². The van der Waals surface area contributed by atoms with Gasteiger partial charge < -0.3 is 9.80 Å². The van der Waals surface area contributed by atoms with Crippen molar-refractivity contribution >= 4 is 58.4 Å². The van der Waals surface area contributed by atoms with Crippen molar-refractivity contribution in [3.63, 3.8) is 0 Å². The van der Waals surface area contributed by atoms with E-state index < -0.39 is 0 Å². The van der Waals surface area contributed by atoms with E-state index in [0.717, 1.165) is 23.2 Å². The van der Waals surface area contributed by atoms with Crippen LogP contribution >= 0.6 is 34.8 Å². The van der Waals surface area contributed by atoms with Gasteiger partial charge in [-0.3, -0.25) is 15.2 Å². The van der Waals surface area contributed by atoms with Crippen molar-refractivity contribution in [2.24, 2.45) is 5.84 Å². The number of carbonyl (C=O) groups excluding carboxylic acids is 1. The molecule has 3 N–H and O–H groups in total. The van der Waals surface area contributed by atoms with E-state index in [9.17, 15) is 4.79 Å². The molecule has 34 heavy (non-hydrogen) atoms. The molecular formula is C25H24Cl3N5O. The molecule has 6 nitrogen and oxygen atoms in total. The lowest BCUT2D eigenvalue weighted by Crippen LogP contribution is -2.51. The molecule has 0 saturated carbocycles. The lowest BCUT2D eigenvalue weighted by atomic mass is 10.0. The number of benzene rings is 3. The van der Waals surface area contributed by atoms with Crippen molar-refractivity contribution < 1.29 is 4.79 Å². The molecule has 9 heteroatoms. The normalized spacial score (nSPS) is 15.8. The maximum atomic E-state index is 13.2. The van der Waals surface area contributed by atoms with Crippen molar-refractivity contribution in [1.82, 2.24) is 4.90 Å². The van der Waals surface area contributed by atoms with Crippen LogP contribution < -0.4 is 15.8 Å². The van der Waals surface area contributed by atoms with Crippen LogP contribution in [0.25, 0.3) is 0 Å². The van der Waals surface area contributed by atoms with Gasteiger partial charge in [0.15, 0.2) is 0 Å². The minimum absolute atomic E-state index is 0.0465. The lowest BCUT2D eigenvalue weighted by molar-refractivity contribution is -0.131. The van der Waals surface area contributed by atoms with Crippen molar-refractivity contribution in [2.75, 3.05) is 29.5 Å². The average Bonchev–Trinajstić information content (AvgIpc) is 2.84. The highest BCUT2D eigenvalue weighted by atomic mass is 35.5. The summed E-state index contributed by atoms with van der Waals surface area (Å²) >= 11 is 18.8. The second-order valence-corrected chi connectivity index (χ2v) is 9.36. The summed E-state index contributed by atoms with van der Waals surface area (Å²) in [6.07, 6.45) is 1.31. The van der Waals surface area contributed by atoms with E-state index in [-0.39, 0.29) is 18.4 Å². The first kappa shape index (κ1) is 24.4. The summed E-state index contributed by atoms with van der Waals surface area (Å²) in [4.78, 5) is 17.3. The van der Waals surface area contributed by atoms with Gasteiger partial charge in [0, 0.05) is 29.7 Å². The van der Waals surface area contributed by atoms with Crippen LogP contribution in [0.15, 0.2) is 66.7 Å². The number of halogens is 3. The smallest absolute Gasteiger partial charge is 0.227 e. The zero-order valence-electron chi connectivity index (χ0n) is 18.3. The summed E-state index contributed by atoms with van der Waals surface area (Å²) in [6, 6.07) is 20.4. The second-order valence-electron chi connectivity index (χ2n) is 8.08. The Hall–Kier alpha value is -2.77. The first-order valence-electron chi connectivity index (χ1n) is 10.7. The van der Waals surface area contributed by atoms with Crippen LogP contribution in [-0.2, 0) is 11.2 Å². The SMILES string of the molecule is N=CN(N)c1ccc(CC(=O)N2CCN(c3ccc(Cl)cc3Cl)C(c3ccc(Cl)cc3)C2)cc1. The molecule has 4 rings (SSSR count). The number of hydrogen-bond donors (Lipinski definition) is 2. The van der Waals surface area contributed by atoms with Gasteiger partial charge in [-0.25, -0.2) is 5.84 Å². The van der Waals surface area contributed by atoms with Gasteiger partial charge in [0.2, 0.25) is 5.91 Å². The molecule has 1 saturated heterocycles. The summed E-state index contributed by atoms with van der Waals surface area (Å²) in [7, 11) is 0. The number of hydrazine groups is 1. The first-order chi connectivity index (χ1) is 16.4. The van der Waals surface area contributed by atoms with E-state index in [1.165, 1.54) is 5.01 Å². The van der Waals surface area contributed by atoms with Crippen LogP contribution in [0.2, 0.25) is 15.1 Å². The molecule has 1 fully saturated rings. The Bertz CT molecular complexity index is 1170. The molecule has 1 aliphatic rings. The summed E-state index contributed by atoms with van der Waals surface area (Å²) in [5, 5.41) is 10.3. The number of amides is 1. The highest BCUT2D eigenvalue weighted by Crippen LogP contribution is 2.37. The van der Waals surface area contributed by atoms with Crippen LogP contribution in [0.3, 0.4) is 0 Å². The minimum Gasteiger partial charge on any atom is -0.360 e. The van der Waals surface area contributed by atoms with E-state index in [2.05, 4.69) is 4.90 Å². The van der Waals surface area contributed by atoms with Crippen LogP contribution in [-0.4, -0.2) is 36.8 Å². The molecule has 176 valence electrons. The molecule has 0 radical (unpaired) electrons. The lowest BCUT2D eigenvalue weighted by Gasteiger charge is -2.43. The van der Waals surface area contributed by atoms with Crippen LogP contribution in [0.1, 0.15) is 17.2 Å². The minimum atomic E-state index is -0.0885. The van der Waals surface area contributed by atoms with Gasteiger partial charge in [0.25, 0.3) is 0 Å². The zero-order chi connectivity index (χ0) is 24.2. The Morgan fingerprint density at radius 3 is 2.32 bits per heavy atom. The number of nitrogens with two attached hydrogens (primary N) is 1. The van der Waals surface area contributed by atoms with Crippen LogP contribution in [0.5, 0.6) is 0 Å². The fraction of sp³-hybridized carbons (Fsp3) is 0.200. The zero-order valence-corrected chi connectivity index (χ0v) is 20.6. The third-order valence-electron chi connectivity index (χ3n) is 5.94. The molecule has 3 aromatic carbocycles. The molecule has 0 aromatic heterocycles. The summed E-state index contributed by atoms with van der Waals surface area (Å²) in [5.41, 5.74) is 3.50. The largest absolute Gasteiger partial charge is 0.360 e. The van der Waals surface area contributed by atoms with Crippen LogP contribution in [0, 0.1) is 5.41 Å². The number of nitrogens with zero attached hydrogens (tertiary/aromatic N) is 3. The predicted octanol–water partition coefficient (Wildman–Crippen LogP) is 5.57. The van der Waals surface area contributed by atoms with Crippen LogP contribution in [0.4, 0.5) is 11.4 Å². The molecule has 1 amide bonds. The van der Waals surface area contributed by atoms with Gasteiger partial charge in [0.1, 0.15) is 6.34 Å². The average molecular weight is 517 g/mol. The Morgan fingerprint density at radius 1 is 1.00 bits per heavy atom. The highest BCUT2D eigenvalue weighted by molar-refractivity contribution is 6.36. The van der Waals surface area contributed by atoms with Crippen molar-refractivity contribution in [3.8, 4) is 0 Å². The Kier molecular flexibility index (Phi) is 7.63. The van der Waals surface area contributed by atoms with E-state index >= 15 is 0 Å². The monoisotopic (exact) mass is 515 g/mol. The standard InChI is InChI=1S/C25H24Cl3N5O/c26-19-5-3-18(4-6-19)24-15-31(11-12-32(24)23-10-7-20(27)14-22(23)28)25(34)13-17-1-8-21(9-2-17)33(30)16-29/h1-10,14,16,24,29H,11-13,15,30H2. The Balaban J connectivity index is 1.55. The van der Waals surface area contributed by atoms with Crippen molar-refractivity contribution in [1.29, 1.82) is 5.41 Å². The van der Waals surface area contributed by atoms with Gasteiger partial charge in [-0.05, 0) is 53.6 Å². The van der Waals surface area contributed by atoms with Gasteiger partial charge in [-0.15, -0.1) is 0 Å². The number of nitrogens with one attached hydrogen (secondary N) is 1. The Morgan fingerprint density at radius 2 is 1.68 bits per heavy atom. The molecule has 0 aliphatic carbocycles. The summed E-state index contributed by atoms with van der Waals surface area (Å²) in [5.74, 6) is 5.75. The van der Waals surface area contributed by atoms with Crippen molar-refractivity contribution in [2.45, 2.75) is 12.5 Å². The Labute approximate surface area is 213 Å². The van der Waals surface area contributed by atoms with E-state index in [1.807, 2.05) is 53.4 Å². The maximum absolute atomic E-state index is 13.2. The van der Waals surface area contributed by atoms with Crippen molar-refractivity contribution in [3.05, 3.63) is 92.9 Å². The third kappa shape index (κ3) is 5.47. The van der Waals surface area contributed by atoms with E-state index in [4.69, 9.17) is 46.1 Å². The quantitative estimate of drug-likeness (QED) is 0.194. The second kappa shape index (κ2) is 10.7. The number of carbonyl (C=O) groups is 1. The summed E-state index contributed by atoms with van der Waals surface area (Å²) < 4.78 is 0. The van der Waals surface area contributed by atoms with Gasteiger partial charge >= 0.3 is 0 Å². The first-order valence-corrected chi connectivity index (χ1v) is 11.9. The highest BCUT2D eigenvalue weighted by Gasteiger charge is 2.31. The maximum Gasteiger partial charge on any atom is 0.227 e. The fourth-order valence-electron chi connectivity index (χ4n) is 4.13. The number of piperazine rings is 1. The van der Waals surface area contributed by atoms with E-state index in [1.54, 1.807) is 18.2 Å². The molecule has 3 aromatic rings. The molecule has 1 atom stereocenters. The molecule has 1 heterocycles. The topological polar surface area (TPSA) is 76.7 Å². The number of anilines is 2. The fourth-order valence-corrected chi connectivity index (χ4v) is 4.77. The molecule has 0 bridgehead atoms. The number of rotatable bonds is 6. The molecule has 1 aliphatic heterocycles. The van der Waals surface area contributed by atoms with Gasteiger partial charge in [-0.1, -0.05) is 59.1 Å². The van der Waals surface area contributed by atoms with Gasteiger partial charge in [-0.2, -0.15) is 0 Å². The molecule has 1 unspecified atom stereocenters.